The number of rotatable bonds is 6. The molecule has 0 aromatic rings. The lowest BCUT2D eigenvalue weighted by atomic mass is 10.3. The van der Waals surface area contributed by atoms with Crippen LogP contribution in [-0.2, 0) is 9.53 Å². The Bertz CT molecular complexity index is 291. The van der Waals surface area contributed by atoms with Gasteiger partial charge in [0.05, 0.1) is 0 Å². The van der Waals surface area contributed by atoms with E-state index in [4.69, 9.17) is 0 Å². The van der Waals surface area contributed by atoms with Gasteiger partial charge in [-0.3, -0.25) is 9.69 Å². The molecule has 1 fully saturated rings. The van der Waals surface area contributed by atoms with E-state index in [0.29, 0.717) is 6.54 Å². The highest BCUT2D eigenvalue weighted by Crippen LogP contribution is 2.15. The molecule has 1 amide bonds. The van der Waals surface area contributed by atoms with Gasteiger partial charge in [-0.25, -0.2) is 0 Å². The van der Waals surface area contributed by atoms with E-state index in [2.05, 4.69) is 15.0 Å². The number of carbonyl (C=O) groups is 1. The van der Waals surface area contributed by atoms with Crippen LogP contribution < -0.4 is 5.32 Å². The van der Waals surface area contributed by atoms with Crippen molar-refractivity contribution in [3.8, 4) is 0 Å². The van der Waals surface area contributed by atoms with E-state index < -0.39 is 24.8 Å². The van der Waals surface area contributed by atoms with E-state index in [1.54, 1.807) is 0 Å². The maximum atomic E-state index is 11.9. The lowest BCUT2D eigenvalue weighted by Crippen LogP contribution is -2.44. The monoisotopic (exact) mass is 282 g/mol. The minimum atomic E-state index is -4.41. The highest BCUT2D eigenvalue weighted by atomic mass is 19.4. The number of hydrogen-bond acceptors (Lipinski definition) is 3. The third-order valence-electron chi connectivity index (χ3n) is 3.20. The van der Waals surface area contributed by atoms with Crippen LogP contribution in [0.1, 0.15) is 26.7 Å². The van der Waals surface area contributed by atoms with Gasteiger partial charge in [0.2, 0.25) is 5.91 Å². The lowest BCUT2D eigenvalue weighted by Gasteiger charge is -2.24. The van der Waals surface area contributed by atoms with Crippen molar-refractivity contribution in [3.63, 3.8) is 0 Å². The van der Waals surface area contributed by atoms with Crippen molar-refractivity contribution in [3.05, 3.63) is 0 Å². The molecule has 19 heavy (non-hydrogen) atoms. The smallest absolute Gasteiger partial charge is 0.359 e. The topological polar surface area (TPSA) is 41.6 Å². The summed E-state index contributed by atoms with van der Waals surface area (Å²) in [5.74, 6) is -0.504. The van der Waals surface area contributed by atoms with Crippen LogP contribution in [0, 0.1) is 0 Å². The molecular formula is C12H21F3N2O2. The molecule has 1 saturated heterocycles. The van der Waals surface area contributed by atoms with Crippen molar-refractivity contribution < 1.29 is 22.7 Å². The Balaban J connectivity index is 2.22. The zero-order chi connectivity index (χ0) is 14.5. The zero-order valence-electron chi connectivity index (χ0n) is 11.3. The first-order valence-corrected chi connectivity index (χ1v) is 6.49. The summed E-state index contributed by atoms with van der Waals surface area (Å²) in [7, 11) is 0. The molecule has 1 aliphatic rings. The molecule has 4 nitrogen and oxygen atoms in total. The summed E-state index contributed by atoms with van der Waals surface area (Å²) in [6, 6.07) is 0.196. The Morgan fingerprint density at radius 1 is 1.32 bits per heavy atom. The van der Waals surface area contributed by atoms with E-state index >= 15 is 0 Å². The van der Waals surface area contributed by atoms with Crippen LogP contribution >= 0.6 is 0 Å². The first kappa shape index (κ1) is 16.2. The number of carbonyl (C=O) groups excluding carboxylic acids is 1. The van der Waals surface area contributed by atoms with Crippen LogP contribution in [0.5, 0.6) is 0 Å². The van der Waals surface area contributed by atoms with Gasteiger partial charge in [0.1, 0.15) is 12.7 Å². The van der Waals surface area contributed by atoms with Crippen LogP contribution in [0.2, 0.25) is 0 Å². The molecule has 0 aliphatic carbocycles. The van der Waals surface area contributed by atoms with Crippen molar-refractivity contribution in [2.24, 2.45) is 0 Å². The third-order valence-corrected chi connectivity index (χ3v) is 3.20. The van der Waals surface area contributed by atoms with Crippen molar-refractivity contribution in [2.75, 3.05) is 26.2 Å². The van der Waals surface area contributed by atoms with Crippen LogP contribution in [0.3, 0.4) is 0 Å². The number of ether oxygens (including phenoxy) is 1. The van der Waals surface area contributed by atoms with Crippen LogP contribution in [-0.4, -0.2) is 55.4 Å². The predicted octanol–water partition coefficient (Wildman–Crippen LogP) is 1.55. The van der Waals surface area contributed by atoms with E-state index in [1.165, 1.54) is 6.92 Å². The molecule has 1 rings (SSSR count). The Hall–Kier alpha value is -0.820. The molecule has 1 aliphatic heterocycles. The van der Waals surface area contributed by atoms with E-state index in [9.17, 15) is 18.0 Å². The summed E-state index contributed by atoms with van der Waals surface area (Å²) < 4.78 is 40.3. The van der Waals surface area contributed by atoms with Crippen molar-refractivity contribution in [1.82, 2.24) is 10.2 Å². The summed E-state index contributed by atoms with van der Waals surface area (Å²) in [5.41, 5.74) is 0. The molecule has 7 heteroatoms. The molecule has 0 saturated carbocycles. The number of nitrogens with one attached hydrogen (secondary N) is 1. The van der Waals surface area contributed by atoms with Crippen LogP contribution in [0.15, 0.2) is 0 Å². The second-order valence-corrected chi connectivity index (χ2v) is 4.91. The predicted molar refractivity (Wildman–Crippen MR) is 64.7 cm³/mol. The minimum absolute atomic E-state index is 0.196. The van der Waals surface area contributed by atoms with Crippen molar-refractivity contribution >= 4 is 5.91 Å². The van der Waals surface area contributed by atoms with Gasteiger partial charge in [0, 0.05) is 12.6 Å². The Morgan fingerprint density at radius 3 is 2.42 bits per heavy atom. The molecular weight excluding hydrogens is 261 g/mol. The van der Waals surface area contributed by atoms with Gasteiger partial charge in [-0.2, -0.15) is 13.2 Å². The summed E-state index contributed by atoms with van der Waals surface area (Å²) in [5, 5.41) is 2.62. The summed E-state index contributed by atoms with van der Waals surface area (Å²) in [4.78, 5) is 13.8. The molecule has 1 N–H and O–H groups in total. The normalized spacial score (nSPS) is 20.3. The first-order valence-electron chi connectivity index (χ1n) is 6.49. The second-order valence-electron chi connectivity index (χ2n) is 4.91. The highest BCUT2D eigenvalue weighted by Gasteiger charge is 2.30. The van der Waals surface area contributed by atoms with Crippen LogP contribution in [0.4, 0.5) is 13.2 Å². The first-order chi connectivity index (χ1) is 8.79. The number of amides is 1. The maximum Gasteiger partial charge on any atom is 0.411 e. The summed E-state index contributed by atoms with van der Waals surface area (Å²) in [6.07, 6.45) is -3.18. The van der Waals surface area contributed by atoms with Gasteiger partial charge in [0.15, 0.2) is 0 Å². The molecule has 0 unspecified atom stereocenters. The van der Waals surface area contributed by atoms with Gasteiger partial charge < -0.3 is 10.1 Å². The van der Waals surface area contributed by atoms with Gasteiger partial charge in [-0.1, -0.05) is 0 Å². The van der Waals surface area contributed by atoms with E-state index in [-0.39, 0.29) is 6.04 Å². The standard InChI is InChI=1S/C12H21F3N2O2/c1-9(17-5-3-4-6-17)7-16-11(18)10(2)19-8-12(13,14)15/h9-10H,3-8H2,1-2H3,(H,16,18)/t9-,10+/m1/s1. The summed E-state index contributed by atoms with van der Waals surface area (Å²) >= 11 is 0. The van der Waals surface area contributed by atoms with Crippen LogP contribution in [0.25, 0.3) is 0 Å². The van der Waals surface area contributed by atoms with Gasteiger partial charge in [0.25, 0.3) is 0 Å². The number of likely N-dealkylation sites (tertiary alicyclic amines) is 1. The molecule has 0 radical (unpaired) electrons. The molecule has 112 valence electrons. The largest absolute Gasteiger partial charge is 0.411 e. The fraction of sp³-hybridized carbons (Fsp3) is 0.917. The fourth-order valence-corrected chi connectivity index (χ4v) is 2.00. The molecule has 0 spiro atoms. The molecule has 0 bridgehead atoms. The average Bonchev–Trinajstić information content (AvgIpc) is 2.85. The van der Waals surface area contributed by atoms with Gasteiger partial charge in [-0.15, -0.1) is 0 Å². The van der Waals surface area contributed by atoms with Crippen molar-refractivity contribution in [2.45, 2.75) is 45.0 Å². The third kappa shape index (κ3) is 6.24. The Kier molecular flexibility index (Phi) is 6.06. The summed E-state index contributed by atoms with van der Waals surface area (Å²) in [6.45, 7) is 4.37. The number of nitrogens with zero attached hydrogens (tertiary/aromatic N) is 1. The fourth-order valence-electron chi connectivity index (χ4n) is 2.00. The Morgan fingerprint density at radius 2 is 1.89 bits per heavy atom. The lowest BCUT2D eigenvalue weighted by molar-refractivity contribution is -0.185. The minimum Gasteiger partial charge on any atom is -0.359 e. The molecule has 2 atom stereocenters. The number of halogens is 3. The van der Waals surface area contributed by atoms with Gasteiger partial charge >= 0.3 is 6.18 Å². The van der Waals surface area contributed by atoms with E-state index in [1.807, 2.05) is 6.92 Å². The van der Waals surface area contributed by atoms with Gasteiger partial charge in [-0.05, 0) is 39.8 Å². The van der Waals surface area contributed by atoms with Crippen molar-refractivity contribution in [1.29, 1.82) is 0 Å². The number of alkyl halides is 3. The second kappa shape index (κ2) is 7.09. The zero-order valence-corrected chi connectivity index (χ0v) is 11.3. The average molecular weight is 282 g/mol. The Labute approximate surface area is 111 Å². The maximum absolute atomic E-state index is 11.9. The molecule has 0 aromatic heterocycles. The number of hydrogen-bond donors (Lipinski definition) is 1. The van der Waals surface area contributed by atoms with E-state index in [0.717, 1.165) is 25.9 Å². The molecule has 0 aromatic carbocycles. The quantitative estimate of drug-likeness (QED) is 0.804. The SMILES string of the molecule is C[C@H](OCC(F)(F)F)C(=O)NC[C@@H](C)N1CCCC1. The highest BCUT2D eigenvalue weighted by molar-refractivity contribution is 5.80. The molecule has 1 heterocycles.